The Morgan fingerprint density at radius 3 is 2.64 bits per heavy atom. The molecule has 0 aliphatic heterocycles. The van der Waals surface area contributed by atoms with Crippen LogP contribution in [0.1, 0.15) is 22.5 Å². The van der Waals surface area contributed by atoms with E-state index in [1.54, 1.807) is 22.6 Å². The van der Waals surface area contributed by atoms with Crippen LogP contribution in [0.5, 0.6) is 0 Å². The van der Waals surface area contributed by atoms with Crippen molar-refractivity contribution >= 4 is 40.1 Å². The van der Waals surface area contributed by atoms with E-state index in [2.05, 4.69) is 4.98 Å². The zero-order valence-electron chi connectivity index (χ0n) is 6.60. The molecule has 0 aromatic carbocycles. The van der Waals surface area contributed by atoms with Crippen LogP contribution in [-0.2, 0) is 0 Å². The van der Waals surface area contributed by atoms with E-state index in [9.17, 15) is 13.6 Å². The standard InChI is InChI=1S/C7H4ClF2IN2O/c8-4-2(11)1-13-5(6(9)10)3(4)7(12)14/h1,6H,(H2,12,14). The van der Waals surface area contributed by atoms with Gasteiger partial charge in [-0.15, -0.1) is 0 Å². The quantitative estimate of drug-likeness (QED) is 0.846. The molecule has 0 atom stereocenters. The molecule has 1 rings (SSSR count). The monoisotopic (exact) mass is 332 g/mol. The fraction of sp³-hybridized carbons (Fsp3) is 0.143. The van der Waals surface area contributed by atoms with Crippen molar-refractivity contribution in [2.45, 2.75) is 6.43 Å². The third-order valence-corrected chi connectivity index (χ3v) is 2.98. The summed E-state index contributed by atoms with van der Waals surface area (Å²) in [5.41, 5.74) is 3.84. The van der Waals surface area contributed by atoms with Gasteiger partial charge in [0.25, 0.3) is 12.3 Å². The summed E-state index contributed by atoms with van der Waals surface area (Å²) in [6, 6.07) is 0. The third-order valence-electron chi connectivity index (χ3n) is 1.46. The third kappa shape index (κ3) is 2.11. The number of aromatic nitrogens is 1. The molecule has 0 spiro atoms. The first-order chi connectivity index (χ1) is 6.45. The summed E-state index contributed by atoms with van der Waals surface area (Å²) in [5, 5.41) is -0.0802. The Labute approximate surface area is 96.8 Å². The van der Waals surface area contributed by atoms with Gasteiger partial charge in [-0.1, -0.05) is 11.6 Å². The van der Waals surface area contributed by atoms with Crippen molar-refractivity contribution in [3.63, 3.8) is 0 Å². The number of rotatable bonds is 2. The average molecular weight is 332 g/mol. The number of hydrogen-bond acceptors (Lipinski definition) is 2. The summed E-state index contributed by atoms with van der Waals surface area (Å²) in [7, 11) is 0. The van der Waals surface area contributed by atoms with Gasteiger partial charge in [-0.25, -0.2) is 8.78 Å². The SMILES string of the molecule is NC(=O)c1c(C(F)F)ncc(I)c1Cl. The van der Waals surface area contributed by atoms with Crippen LogP contribution in [0.2, 0.25) is 5.02 Å². The van der Waals surface area contributed by atoms with E-state index in [1.807, 2.05) is 0 Å². The van der Waals surface area contributed by atoms with Gasteiger partial charge in [0.1, 0.15) is 5.69 Å². The van der Waals surface area contributed by atoms with Crippen molar-refractivity contribution in [2.24, 2.45) is 5.73 Å². The second-order valence-corrected chi connectivity index (χ2v) is 3.89. The maximum absolute atomic E-state index is 12.4. The number of amides is 1. The predicted octanol–water partition coefficient (Wildman–Crippen LogP) is 2.38. The van der Waals surface area contributed by atoms with E-state index in [1.165, 1.54) is 0 Å². The number of pyridine rings is 1. The second-order valence-electron chi connectivity index (χ2n) is 2.35. The average Bonchev–Trinajstić information content (AvgIpc) is 2.08. The minimum absolute atomic E-state index is 0.0802. The molecule has 0 unspecified atom stereocenters. The highest BCUT2D eigenvalue weighted by atomic mass is 127. The van der Waals surface area contributed by atoms with Gasteiger partial charge in [-0.2, -0.15) is 0 Å². The molecule has 14 heavy (non-hydrogen) atoms. The van der Waals surface area contributed by atoms with E-state index in [0.29, 0.717) is 3.57 Å². The number of carbonyl (C=O) groups excluding carboxylic acids is 1. The van der Waals surface area contributed by atoms with Gasteiger partial charge in [0.2, 0.25) is 0 Å². The van der Waals surface area contributed by atoms with Gasteiger partial charge < -0.3 is 5.73 Å². The highest BCUT2D eigenvalue weighted by Gasteiger charge is 2.22. The number of nitrogens with zero attached hydrogens (tertiary/aromatic N) is 1. The van der Waals surface area contributed by atoms with Crippen LogP contribution in [0, 0.1) is 3.57 Å². The molecular formula is C7H4ClF2IN2O. The molecule has 1 amide bonds. The number of halogens is 4. The van der Waals surface area contributed by atoms with Crippen molar-refractivity contribution in [1.82, 2.24) is 4.98 Å². The fourth-order valence-corrected chi connectivity index (χ4v) is 1.53. The number of primary amides is 1. The molecule has 0 bridgehead atoms. The van der Waals surface area contributed by atoms with E-state index < -0.39 is 23.6 Å². The number of alkyl halides is 2. The van der Waals surface area contributed by atoms with Crippen LogP contribution in [0.25, 0.3) is 0 Å². The first-order valence-corrected chi connectivity index (χ1v) is 4.82. The highest BCUT2D eigenvalue weighted by Crippen LogP contribution is 2.29. The Morgan fingerprint density at radius 2 is 2.21 bits per heavy atom. The molecule has 0 radical (unpaired) electrons. The second kappa shape index (κ2) is 4.35. The van der Waals surface area contributed by atoms with Crippen molar-refractivity contribution in [3.8, 4) is 0 Å². The van der Waals surface area contributed by atoms with Crippen LogP contribution in [0.15, 0.2) is 6.20 Å². The van der Waals surface area contributed by atoms with Gasteiger partial charge in [-0.05, 0) is 22.6 Å². The molecular weight excluding hydrogens is 328 g/mol. The van der Waals surface area contributed by atoms with E-state index in [0.717, 1.165) is 6.20 Å². The maximum atomic E-state index is 12.4. The Morgan fingerprint density at radius 1 is 1.64 bits per heavy atom. The predicted molar refractivity (Wildman–Crippen MR) is 55.4 cm³/mol. The van der Waals surface area contributed by atoms with E-state index >= 15 is 0 Å². The minimum atomic E-state index is -2.87. The summed E-state index contributed by atoms with van der Waals surface area (Å²) in [6.07, 6.45) is -1.70. The Hall–Kier alpha value is -0.500. The van der Waals surface area contributed by atoms with Crippen molar-refractivity contribution in [3.05, 3.63) is 26.0 Å². The summed E-state index contributed by atoms with van der Waals surface area (Å²) in [6.45, 7) is 0. The molecule has 1 aromatic heterocycles. The lowest BCUT2D eigenvalue weighted by Gasteiger charge is -2.07. The van der Waals surface area contributed by atoms with Crippen LogP contribution < -0.4 is 5.73 Å². The molecule has 0 fully saturated rings. The molecule has 1 aromatic rings. The van der Waals surface area contributed by atoms with Gasteiger partial charge >= 0.3 is 0 Å². The number of hydrogen-bond donors (Lipinski definition) is 1. The minimum Gasteiger partial charge on any atom is -0.365 e. The van der Waals surface area contributed by atoms with Gasteiger partial charge in [0.05, 0.1) is 14.2 Å². The first kappa shape index (κ1) is 11.6. The largest absolute Gasteiger partial charge is 0.365 e. The molecule has 1 heterocycles. The number of carbonyl (C=O) groups is 1. The summed E-state index contributed by atoms with van der Waals surface area (Å²) < 4.78 is 25.1. The number of nitrogens with two attached hydrogens (primary N) is 1. The first-order valence-electron chi connectivity index (χ1n) is 3.37. The van der Waals surface area contributed by atoms with Crippen molar-refractivity contribution in [2.75, 3.05) is 0 Å². The fourth-order valence-electron chi connectivity index (χ4n) is 0.879. The molecule has 2 N–H and O–H groups in total. The van der Waals surface area contributed by atoms with Crippen LogP contribution >= 0.6 is 34.2 Å². The molecule has 3 nitrogen and oxygen atoms in total. The van der Waals surface area contributed by atoms with Gasteiger partial charge in [0, 0.05) is 6.20 Å². The maximum Gasteiger partial charge on any atom is 0.281 e. The van der Waals surface area contributed by atoms with Gasteiger partial charge in [-0.3, -0.25) is 9.78 Å². The van der Waals surface area contributed by atoms with Gasteiger partial charge in [0.15, 0.2) is 0 Å². The van der Waals surface area contributed by atoms with Crippen molar-refractivity contribution in [1.29, 1.82) is 0 Å². The lowest BCUT2D eigenvalue weighted by molar-refractivity contribution is 0.0983. The summed E-state index contributed by atoms with van der Waals surface area (Å²) in [5.74, 6) is -1.00. The smallest absolute Gasteiger partial charge is 0.281 e. The zero-order valence-corrected chi connectivity index (χ0v) is 9.51. The Kier molecular flexibility index (Phi) is 3.59. The van der Waals surface area contributed by atoms with Crippen LogP contribution in [-0.4, -0.2) is 10.9 Å². The normalized spacial score (nSPS) is 10.6. The highest BCUT2D eigenvalue weighted by molar-refractivity contribution is 14.1. The molecule has 0 aliphatic rings. The van der Waals surface area contributed by atoms with Crippen LogP contribution in [0.4, 0.5) is 8.78 Å². The molecule has 76 valence electrons. The lowest BCUT2D eigenvalue weighted by atomic mass is 10.2. The lowest BCUT2D eigenvalue weighted by Crippen LogP contribution is -2.16. The Bertz CT molecular complexity index is 386. The van der Waals surface area contributed by atoms with Crippen LogP contribution in [0.3, 0.4) is 0 Å². The molecule has 0 aliphatic carbocycles. The zero-order chi connectivity index (χ0) is 10.9. The van der Waals surface area contributed by atoms with Crippen molar-refractivity contribution < 1.29 is 13.6 Å². The topological polar surface area (TPSA) is 56.0 Å². The van der Waals surface area contributed by atoms with E-state index in [4.69, 9.17) is 17.3 Å². The molecule has 0 saturated heterocycles. The summed E-state index contributed by atoms with van der Waals surface area (Å²) in [4.78, 5) is 14.3. The molecule has 0 saturated carbocycles. The van der Waals surface area contributed by atoms with E-state index in [-0.39, 0.29) is 5.02 Å². The molecule has 7 heteroatoms. The summed E-state index contributed by atoms with van der Waals surface area (Å²) >= 11 is 7.43. The Balaban J connectivity index is 3.45.